The van der Waals surface area contributed by atoms with Crippen LogP contribution in [0.4, 0.5) is 5.69 Å². The van der Waals surface area contributed by atoms with E-state index in [0.717, 1.165) is 29.7 Å². The van der Waals surface area contributed by atoms with Crippen molar-refractivity contribution >= 4 is 29.3 Å². The molecule has 1 heterocycles. The molecule has 0 radical (unpaired) electrons. The number of carbonyl (C=O) groups is 1. The third-order valence-electron chi connectivity index (χ3n) is 3.89. The Labute approximate surface area is 140 Å². The summed E-state index contributed by atoms with van der Waals surface area (Å²) >= 11 is 5.86. The maximum atomic E-state index is 12.8. The maximum Gasteiger partial charge on any atom is 0.268 e. The highest BCUT2D eigenvalue weighted by molar-refractivity contribution is 6.30. The van der Waals surface area contributed by atoms with Gasteiger partial charge in [-0.25, -0.2) is 0 Å². The van der Waals surface area contributed by atoms with E-state index in [4.69, 9.17) is 11.6 Å². The molecule has 4 heteroatoms. The molecular formula is C19H15ClN2O. The number of fused-ring (bicyclic) bond motifs is 1. The number of nitriles is 1. The van der Waals surface area contributed by atoms with Gasteiger partial charge < -0.3 is 4.90 Å². The summed E-state index contributed by atoms with van der Waals surface area (Å²) in [7, 11) is 0. The summed E-state index contributed by atoms with van der Waals surface area (Å²) in [5, 5.41) is 10.0. The van der Waals surface area contributed by atoms with E-state index in [-0.39, 0.29) is 11.5 Å². The zero-order chi connectivity index (χ0) is 16.2. The summed E-state index contributed by atoms with van der Waals surface area (Å²) in [5.74, 6) is -0.255. The molecule has 3 nitrogen and oxygen atoms in total. The molecule has 0 spiro atoms. The van der Waals surface area contributed by atoms with Gasteiger partial charge in [0.15, 0.2) is 0 Å². The highest BCUT2D eigenvalue weighted by Gasteiger charge is 2.24. The molecule has 1 aliphatic rings. The molecule has 0 fully saturated rings. The van der Waals surface area contributed by atoms with E-state index in [1.165, 1.54) is 0 Å². The first-order valence-electron chi connectivity index (χ1n) is 7.46. The zero-order valence-electron chi connectivity index (χ0n) is 12.5. The van der Waals surface area contributed by atoms with Crippen LogP contribution < -0.4 is 4.90 Å². The minimum Gasteiger partial charge on any atom is -0.307 e. The number of nitrogens with zero attached hydrogens (tertiary/aromatic N) is 2. The third kappa shape index (κ3) is 3.28. The number of carbonyl (C=O) groups excluding carboxylic acids is 1. The highest BCUT2D eigenvalue weighted by atomic mass is 35.5. The van der Waals surface area contributed by atoms with Crippen LogP contribution in [0.3, 0.4) is 0 Å². The van der Waals surface area contributed by atoms with Crippen LogP contribution >= 0.6 is 11.6 Å². The molecule has 0 saturated carbocycles. The van der Waals surface area contributed by atoms with Gasteiger partial charge in [-0.15, -0.1) is 0 Å². The number of benzene rings is 2. The lowest BCUT2D eigenvalue weighted by molar-refractivity contribution is -0.114. The summed E-state index contributed by atoms with van der Waals surface area (Å²) in [4.78, 5) is 14.5. The van der Waals surface area contributed by atoms with Crippen LogP contribution in [0.1, 0.15) is 17.5 Å². The molecule has 1 amide bonds. The Morgan fingerprint density at radius 2 is 1.91 bits per heavy atom. The molecule has 0 saturated heterocycles. The van der Waals surface area contributed by atoms with Gasteiger partial charge >= 0.3 is 0 Å². The van der Waals surface area contributed by atoms with Crippen molar-refractivity contribution in [3.8, 4) is 6.07 Å². The number of aryl methyl sites for hydroxylation is 1. The molecule has 114 valence electrons. The molecule has 2 aromatic carbocycles. The molecular weight excluding hydrogens is 308 g/mol. The van der Waals surface area contributed by atoms with Crippen LogP contribution in [0, 0.1) is 11.3 Å². The molecule has 1 aliphatic heterocycles. The van der Waals surface area contributed by atoms with Crippen molar-refractivity contribution in [3.05, 3.63) is 70.3 Å². The minimum absolute atomic E-state index is 0.129. The lowest BCUT2D eigenvalue weighted by Gasteiger charge is -2.29. The number of para-hydroxylation sites is 1. The Kier molecular flexibility index (Phi) is 4.45. The molecule has 0 atom stereocenters. The van der Waals surface area contributed by atoms with E-state index < -0.39 is 0 Å². The predicted molar refractivity (Wildman–Crippen MR) is 92.2 cm³/mol. The normalized spacial score (nSPS) is 14.1. The quantitative estimate of drug-likeness (QED) is 0.613. The fourth-order valence-corrected chi connectivity index (χ4v) is 2.88. The number of amides is 1. The molecule has 0 unspecified atom stereocenters. The number of hydrogen-bond donors (Lipinski definition) is 0. The van der Waals surface area contributed by atoms with Gasteiger partial charge in [0.05, 0.1) is 0 Å². The van der Waals surface area contributed by atoms with Crippen LogP contribution in [0.5, 0.6) is 0 Å². The standard InChI is InChI=1S/C19H15ClN2O/c20-17-9-7-14(8-10-17)12-16(13-21)19(23)22-11-3-5-15-4-1-2-6-18(15)22/h1-2,4,6-10,12H,3,5,11H2. The topological polar surface area (TPSA) is 44.1 Å². The Morgan fingerprint density at radius 3 is 2.65 bits per heavy atom. The van der Waals surface area contributed by atoms with E-state index in [1.54, 1.807) is 35.2 Å². The monoisotopic (exact) mass is 322 g/mol. The summed E-state index contributed by atoms with van der Waals surface area (Å²) in [6.07, 6.45) is 3.47. The largest absolute Gasteiger partial charge is 0.307 e. The minimum atomic E-state index is -0.255. The second kappa shape index (κ2) is 6.68. The Balaban J connectivity index is 1.93. The number of halogens is 1. The third-order valence-corrected chi connectivity index (χ3v) is 4.14. The first kappa shape index (κ1) is 15.3. The average Bonchev–Trinajstić information content (AvgIpc) is 2.60. The summed E-state index contributed by atoms with van der Waals surface area (Å²) in [5.41, 5.74) is 2.96. The van der Waals surface area contributed by atoms with Crippen LogP contribution in [0.25, 0.3) is 6.08 Å². The lowest BCUT2D eigenvalue weighted by atomic mass is 10.0. The molecule has 0 N–H and O–H groups in total. The van der Waals surface area contributed by atoms with Crippen LogP contribution in [0.2, 0.25) is 5.02 Å². The molecule has 2 aromatic rings. The van der Waals surface area contributed by atoms with E-state index in [2.05, 4.69) is 0 Å². The van der Waals surface area contributed by atoms with Gasteiger partial charge in [-0.1, -0.05) is 41.9 Å². The van der Waals surface area contributed by atoms with Crippen molar-refractivity contribution in [2.45, 2.75) is 12.8 Å². The average molecular weight is 323 g/mol. The van der Waals surface area contributed by atoms with E-state index >= 15 is 0 Å². The van der Waals surface area contributed by atoms with Gasteiger partial charge in [-0.05, 0) is 48.2 Å². The van der Waals surface area contributed by atoms with E-state index in [0.29, 0.717) is 11.6 Å². The van der Waals surface area contributed by atoms with Crippen molar-refractivity contribution in [1.82, 2.24) is 0 Å². The van der Waals surface area contributed by atoms with Crippen LogP contribution in [-0.2, 0) is 11.2 Å². The van der Waals surface area contributed by atoms with Crippen molar-refractivity contribution in [2.24, 2.45) is 0 Å². The van der Waals surface area contributed by atoms with Crippen molar-refractivity contribution in [1.29, 1.82) is 5.26 Å². The molecule has 0 bridgehead atoms. The predicted octanol–water partition coefficient (Wildman–Crippen LogP) is 4.23. The lowest BCUT2D eigenvalue weighted by Crippen LogP contribution is -2.36. The van der Waals surface area contributed by atoms with Gasteiger partial charge in [0, 0.05) is 17.3 Å². The summed E-state index contributed by atoms with van der Waals surface area (Å²) in [6.45, 7) is 0.634. The van der Waals surface area contributed by atoms with E-state index in [1.807, 2.05) is 30.3 Å². The van der Waals surface area contributed by atoms with Gasteiger partial charge in [-0.2, -0.15) is 5.26 Å². The second-order valence-corrected chi connectivity index (χ2v) is 5.85. The van der Waals surface area contributed by atoms with Gasteiger partial charge in [-0.3, -0.25) is 4.79 Å². The smallest absolute Gasteiger partial charge is 0.268 e. The SMILES string of the molecule is N#CC(=Cc1ccc(Cl)cc1)C(=O)N1CCCc2ccccc21. The summed E-state index contributed by atoms with van der Waals surface area (Å²) in [6, 6.07) is 16.9. The van der Waals surface area contributed by atoms with Crippen LogP contribution in [0.15, 0.2) is 54.1 Å². The first-order chi connectivity index (χ1) is 11.2. The fraction of sp³-hybridized carbons (Fsp3) is 0.158. The molecule has 3 rings (SSSR count). The summed E-state index contributed by atoms with van der Waals surface area (Å²) < 4.78 is 0. The maximum absolute atomic E-state index is 12.8. The molecule has 0 aromatic heterocycles. The Hall–Kier alpha value is -2.57. The van der Waals surface area contributed by atoms with E-state index in [9.17, 15) is 10.1 Å². The molecule has 23 heavy (non-hydrogen) atoms. The number of rotatable bonds is 2. The van der Waals surface area contributed by atoms with Crippen molar-refractivity contribution in [3.63, 3.8) is 0 Å². The van der Waals surface area contributed by atoms with Gasteiger partial charge in [0.2, 0.25) is 0 Å². The van der Waals surface area contributed by atoms with Gasteiger partial charge in [0.1, 0.15) is 11.6 Å². The fourth-order valence-electron chi connectivity index (χ4n) is 2.76. The van der Waals surface area contributed by atoms with Crippen LogP contribution in [-0.4, -0.2) is 12.5 Å². The Bertz CT molecular complexity index is 803. The Morgan fingerprint density at radius 1 is 1.17 bits per heavy atom. The molecule has 0 aliphatic carbocycles. The highest BCUT2D eigenvalue weighted by Crippen LogP contribution is 2.28. The second-order valence-electron chi connectivity index (χ2n) is 5.41. The van der Waals surface area contributed by atoms with Crippen molar-refractivity contribution in [2.75, 3.05) is 11.4 Å². The number of hydrogen-bond acceptors (Lipinski definition) is 2. The zero-order valence-corrected chi connectivity index (χ0v) is 13.3. The van der Waals surface area contributed by atoms with Crippen molar-refractivity contribution < 1.29 is 4.79 Å². The first-order valence-corrected chi connectivity index (χ1v) is 7.84. The van der Waals surface area contributed by atoms with Gasteiger partial charge in [0.25, 0.3) is 5.91 Å². The number of anilines is 1.